The average molecular weight is 829 g/mol. The molecule has 0 saturated heterocycles. The van der Waals surface area contributed by atoms with Crippen molar-refractivity contribution >= 4 is 17.9 Å². The van der Waals surface area contributed by atoms with Crippen LogP contribution in [0.3, 0.4) is 0 Å². The van der Waals surface area contributed by atoms with Crippen molar-refractivity contribution in [3.8, 4) is 0 Å². The minimum Gasteiger partial charge on any atom is -0.463 e. The van der Waals surface area contributed by atoms with Crippen LogP contribution in [0, 0.1) is 0 Å². The van der Waals surface area contributed by atoms with Gasteiger partial charge in [-0.15, -0.1) is 0 Å². The molecule has 0 radical (unpaired) electrons. The fourth-order valence-electron chi connectivity index (χ4n) is 6.70. The van der Waals surface area contributed by atoms with Crippen LogP contribution in [0.25, 0.3) is 0 Å². The number of carbonyl (C=O) groups excluding carboxylic acids is 3. The predicted octanol–water partition coefficient (Wildman–Crippen LogP) is 15.3. The van der Waals surface area contributed by atoms with Gasteiger partial charge in [0.2, 0.25) is 0 Å². The molecule has 0 N–H and O–H groups in total. The molecule has 0 amide bonds. The largest absolute Gasteiger partial charge is 0.463 e. The van der Waals surface area contributed by atoms with Crippen LogP contribution >= 0.6 is 0 Å². The van der Waals surface area contributed by atoms with Crippen molar-refractivity contribution in [1.82, 2.24) is 0 Å². The molecule has 0 fully saturated rings. The van der Waals surface area contributed by atoms with Gasteiger partial charge in [0.1, 0.15) is 12.2 Å². The van der Waals surface area contributed by atoms with Crippen molar-refractivity contribution in [1.29, 1.82) is 0 Å². The maximum Gasteiger partial charge on any atom is 0.306 e. The Morgan fingerprint density at radius 1 is 0.450 bits per heavy atom. The van der Waals surface area contributed by atoms with Gasteiger partial charge in [0.25, 0.3) is 0 Å². The number of hydrogen-bond acceptors (Lipinski definition) is 6. The summed E-state index contributed by atoms with van der Waals surface area (Å²) in [5.74, 6) is -0.118. The van der Waals surface area contributed by atoms with Crippen LogP contribution in [0.2, 0.25) is 0 Å². The fraction of sp³-hybridized carbons (Fsp3) is 0.611. The zero-order valence-corrected chi connectivity index (χ0v) is 38.2. The van der Waals surface area contributed by atoms with E-state index in [0.717, 1.165) is 103 Å². The molecule has 60 heavy (non-hydrogen) atoms. The van der Waals surface area contributed by atoms with Crippen LogP contribution in [0.5, 0.6) is 0 Å². The quantitative estimate of drug-likeness (QED) is 0.208. The molecule has 6 nitrogen and oxygen atoms in total. The lowest BCUT2D eigenvalue weighted by Gasteiger charge is -2.14. The Morgan fingerprint density at radius 3 is 1.33 bits per heavy atom. The van der Waals surface area contributed by atoms with E-state index in [2.05, 4.69) is 86.8 Å². The lowest BCUT2D eigenvalue weighted by molar-refractivity contribution is -0.150. The summed E-state index contributed by atoms with van der Waals surface area (Å²) in [5.41, 5.74) is 0. The second-order valence-electron chi connectivity index (χ2n) is 16.1. The average Bonchev–Trinajstić information content (AvgIpc) is 3.23. The SMILES string of the molecule is CC1CCC\C=C/C=C/C=C/CCCCCCC(=O)O1.CCC1C/C=C/C=C/C=C\CCCCCCCC(=O)O1.CCCC1/C=C/C=C/C=C\CCCCCCCC(=O)O1. The van der Waals surface area contributed by atoms with E-state index in [0.29, 0.717) is 19.3 Å². The maximum atomic E-state index is 11.8. The van der Waals surface area contributed by atoms with E-state index in [1.165, 1.54) is 51.4 Å². The van der Waals surface area contributed by atoms with Crippen molar-refractivity contribution in [2.45, 2.75) is 212 Å². The van der Waals surface area contributed by atoms with Crippen LogP contribution in [0.15, 0.2) is 109 Å². The van der Waals surface area contributed by atoms with Gasteiger partial charge in [-0.25, -0.2) is 0 Å². The summed E-state index contributed by atoms with van der Waals surface area (Å²) in [4.78, 5) is 35.1. The van der Waals surface area contributed by atoms with Gasteiger partial charge in [0.05, 0.1) is 6.10 Å². The van der Waals surface area contributed by atoms with Gasteiger partial charge < -0.3 is 14.2 Å². The number of esters is 3. The summed E-state index contributed by atoms with van der Waals surface area (Å²) in [6, 6.07) is 0. The van der Waals surface area contributed by atoms with Gasteiger partial charge in [0, 0.05) is 25.7 Å². The number of rotatable bonds is 3. The topological polar surface area (TPSA) is 78.9 Å². The summed E-state index contributed by atoms with van der Waals surface area (Å²) in [7, 11) is 0. The number of ether oxygens (including phenoxy) is 3. The molecule has 3 unspecified atom stereocenters. The smallest absolute Gasteiger partial charge is 0.306 e. The first-order chi connectivity index (χ1) is 29.4. The Bertz CT molecular complexity index is 1340. The Hall–Kier alpha value is -3.93. The standard InChI is InChI=1S/3C18H28O2/c1-17-15-13-11-9-7-5-3-2-4-6-8-10-12-14-16-18(19)20-17;1-2-17-15-13-11-9-7-5-3-4-6-8-10-12-14-16-18(19)20-17;1-2-14-17-15-12-10-8-6-4-3-5-7-9-11-13-16-18(19)20-17/h2-5,7,9,17H,6,8,10-16H2,1H3;3,5,7,9,11,13,17H,2,4,6,8,10,12,14-16H2,1H3;4,6,8,10,12,15,17H,2-3,5,7,9,11,13-14,16H2,1H3/b4-2+,5-3+,9-7-;5-3-,9-7+,13-11+;6-4-,10-8+,15-12+. The van der Waals surface area contributed by atoms with Gasteiger partial charge in [-0.1, -0.05) is 175 Å². The molecule has 0 aliphatic carbocycles. The highest BCUT2D eigenvalue weighted by molar-refractivity contribution is 5.70. The van der Waals surface area contributed by atoms with Crippen molar-refractivity contribution in [3.63, 3.8) is 0 Å². The molecular weight excluding hydrogens is 745 g/mol. The Balaban J connectivity index is 0.000000450. The minimum atomic E-state index is -0.0750. The molecule has 0 aromatic carbocycles. The Kier molecular flexibility index (Phi) is 37.7. The fourth-order valence-corrected chi connectivity index (χ4v) is 6.70. The molecule has 0 spiro atoms. The maximum absolute atomic E-state index is 11.8. The summed E-state index contributed by atoms with van der Waals surface area (Å²) in [6.45, 7) is 6.16. The molecule has 3 rings (SSSR count). The van der Waals surface area contributed by atoms with Crippen molar-refractivity contribution in [2.75, 3.05) is 0 Å². The minimum absolute atomic E-state index is 0.0263. The first-order valence-corrected chi connectivity index (χ1v) is 24.0. The summed E-state index contributed by atoms with van der Waals surface area (Å²) >= 11 is 0. The lowest BCUT2D eigenvalue weighted by Crippen LogP contribution is -2.16. The third kappa shape index (κ3) is 37.1. The number of hydrogen-bond donors (Lipinski definition) is 0. The van der Waals surface area contributed by atoms with Gasteiger partial charge in [-0.3, -0.25) is 14.4 Å². The van der Waals surface area contributed by atoms with Gasteiger partial charge in [-0.2, -0.15) is 0 Å². The molecule has 0 bridgehead atoms. The first-order valence-electron chi connectivity index (χ1n) is 24.0. The second-order valence-corrected chi connectivity index (χ2v) is 16.1. The second kappa shape index (κ2) is 41.8. The molecule has 3 aliphatic rings. The zero-order chi connectivity index (χ0) is 43.4. The van der Waals surface area contributed by atoms with Gasteiger partial charge in [-0.05, 0) is 103 Å². The van der Waals surface area contributed by atoms with Crippen LogP contribution < -0.4 is 0 Å². The number of allylic oxidation sites excluding steroid dienone is 16. The lowest BCUT2D eigenvalue weighted by atomic mass is 10.1. The van der Waals surface area contributed by atoms with E-state index in [4.69, 9.17) is 14.2 Å². The van der Waals surface area contributed by atoms with E-state index in [1.807, 2.05) is 43.4 Å². The highest BCUT2D eigenvalue weighted by atomic mass is 16.5. The molecule has 3 aliphatic heterocycles. The van der Waals surface area contributed by atoms with Crippen molar-refractivity contribution < 1.29 is 28.6 Å². The third-order valence-corrected chi connectivity index (χ3v) is 10.3. The summed E-state index contributed by atoms with van der Waals surface area (Å²) in [6.07, 6.45) is 65.4. The zero-order valence-electron chi connectivity index (χ0n) is 38.2. The number of carbonyl (C=O) groups is 3. The van der Waals surface area contributed by atoms with E-state index >= 15 is 0 Å². The molecule has 6 heteroatoms. The highest BCUT2D eigenvalue weighted by Crippen LogP contribution is 2.14. The molecule has 3 heterocycles. The summed E-state index contributed by atoms with van der Waals surface area (Å²) in [5, 5.41) is 0. The van der Waals surface area contributed by atoms with E-state index in [9.17, 15) is 14.4 Å². The van der Waals surface area contributed by atoms with Crippen molar-refractivity contribution in [2.24, 2.45) is 0 Å². The molecule has 0 aromatic rings. The first kappa shape index (κ1) is 54.1. The van der Waals surface area contributed by atoms with Crippen molar-refractivity contribution in [3.05, 3.63) is 109 Å². The Morgan fingerprint density at radius 2 is 0.850 bits per heavy atom. The molecular formula is C54H84O6. The van der Waals surface area contributed by atoms with Crippen LogP contribution in [0.4, 0.5) is 0 Å². The summed E-state index contributed by atoms with van der Waals surface area (Å²) < 4.78 is 16.4. The van der Waals surface area contributed by atoms with E-state index in [-0.39, 0.29) is 36.2 Å². The highest BCUT2D eigenvalue weighted by Gasteiger charge is 2.12. The normalized spacial score (nSPS) is 28.1. The van der Waals surface area contributed by atoms with Crippen LogP contribution in [0.1, 0.15) is 194 Å². The van der Waals surface area contributed by atoms with E-state index in [1.54, 1.807) is 0 Å². The molecule has 0 saturated carbocycles. The number of cyclic esters (lactones) is 3. The molecule has 336 valence electrons. The predicted molar refractivity (Wildman–Crippen MR) is 254 cm³/mol. The van der Waals surface area contributed by atoms with Crippen LogP contribution in [-0.4, -0.2) is 36.2 Å². The third-order valence-electron chi connectivity index (χ3n) is 10.3. The van der Waals surface area contributed by atoms with Gasteiger partial charge >= 0.3 is 17.9 Å². The van der Waals surface area contributed by atoms with Crippen LogP contribution in [-0.2, 0) is 28.6 Å². The monoisotopic (exact) mass is 829 g/mol. The van der Waals surface area contributed by atoms with Gasteiger partial charge in [0.15, 0.2) is 0 Å². The van der Waals surface area contributed by atoms with E-state index < -0.39 is 0 Å². The molecule has 3 atom stereocenters. The Labute approximate surface area is 367 Å². The molecule has 0 aromatic heterocycles.